The highest BCUT2D eigenvalue weighted by atomic mass is 35.5. The van der Waals surface area contributed by atoms with E-state index in [0.29, 0.717) is 11.5 Å². The normalized spacial score (nSPS) is 12.2. The van der Waals surface area contributed by atoms with Gasteiger partial charge in [-0.15, -0.1) is 0 Å². The molecule has 9 heteroatoms. The quantitative estimate of drug-likeness (QED) is 0.566. The molecular weight excluding hydrogens is 371 g/mol. The van der Waals surface area contributed by atoms with Gasteiger partial charge in [0.15, 0.2) is 5.82 Å². The second-order valence-corrected chi connectivity index (χ2v) is 6.63. The smallest absolute Gasteiger partial charge is 0.229 e. The molecule has 0 amide bonds. The van der Waals surface area contributed by atoms with E-state index in [4.69, 9.17) is 11.6 Å². The fraction of sp³-hybridized carbons (Fsp3) is 0.278. The predicted octanol–water partition coefficient (Wildman–Crippen LogP) is 3.94. The van der Waals surface area contributed by atoms with E-state index in [1.807, 2.05) is 20.0 Å². The maximum atomic E-state index is 14.0. The van der Waals surface area contributed by atoms with E-state index in [9.17, 15) is 9.50 Å². The van der Waals surface area contributed by atoms with Crippen molar-refractivity contribution < 1.29 is 9.50 Å². The zero-order chi connectivity index (χ0) is 19.4. The minimum atomic E-state index is -0.699. The molecule has 0 aliphatic rings. The van der Waals surface area contributed by atoms with Crippen LogP contribution in [0.2, 0.25) is 5.02 Å². The molecule has 0 fully saturated rings. The van der Waals surface area contributed by atoms with Gasteiger partial charge in [-0.1, -0.05) is 29.8 Å². The molecule has 1 aromatic carbocycles. The van der Waals surface area contributed by atoms with Gasteiger partial charge in [-0.2, -0.15) is 10.1 Å². The second kappa shape index (κ2) is 8.32. The molecule has 142 valence electrons. The largest absolute Gasteiger partial charge is 0.394 e. The van der Waals surface area contributed by atoms with Crippen molar-refractivity contribution in [1.82, 2.24) is 19.7 Å². The van der Waals surface area contributed by atoms with Gasteiger partial charge in [0, 0.05) is 17.8 Å². The fourth-order valence-corrected chi connectivity index (χ4v) is 2.63. The molecule has 0 radical (unpaired) electrons. The van der Waals surface area contributed by atoms with Crippen LogP contribution in [0, 0.1) is 5.82 Å². The zero-order valence-electron chi connectivity index (χ0n) is 14.9. The first kappa shape index (κ1) is 19.1. The van der Waals surface area contributed by atoms with Gasteiger partial charge < -0.3 is 15.7 Å². The molecule has 3 rings (SSSR count). The van der Waals surface area contributed by atoms with Crippen LogP contribution in [-0.2, 0) is 0 Å². The molecule has 1 atom stereocenters. The van der Waals surface area contributed by atoms with Crippen molar-refractivity contribution in [1.29, 1.82) is 0 Å². The van der Waals surface area contributed by atoms with Crippen LogP contribution >= 0.6 is 11.6 Å². The average Bonchev–Trinajstić information content (AvgIpc) is 3.12. The first-order valence-corrected chi connectivity index (χ1v) is 8.81. The van der Waals surface area contributed by atoms with Crippen LogP contribution in [0.15, 0.2) is 42.9 Å². The predicted molar refractivity (Wildman–Crippen MR) is 103 cm³/mol. The third-order valence-corrected chi connectivity index (χ3v) is 4.18. The van der Waals surface area contributed by atoms with Crippen molar-refractivity contribution in [3.8, 4) is 0 Å². The van der Waals surface area contributed by atoms with E-state index < -0.39 is 11.9 Å². The topological polar surface area (TPSA) is 87.9 Å². The minimum absolute atomic E-state index is 0.231. The van der Waals surface area contributed by atoms with E-state index in [-0.39, 0.29) is 23.5 Å². The summed E-state index contributed by atoms with van der Waals surface area (Å²) in [7, 11) is 0. The number of nitrogens with one attached hydrogen (secondary N) is 2. The molecule has 2 heterocycles. The Morgan fingerprint density at radius 1 is 1.26 bits per heavy atom. The van der Waals surface area contributed by atoms with Gasteiger partial charge >= 0.3 is 0 Å². The number of halogens is 2. The summed E-state index contributed by atoms with van der Waals surface area (Å²) in [4.78, 5) is 8.47. The third-order valence-electron chi connectivity index (χ3n) is 3.91. The maximum Gasteiger partial charge on any atom is 0.229 e. The Balaban J connectivity index is 1.81. The lowest BCUT2D eigenvalue weighted by Gasteiger charge is -2.19. The van der Waals surface area contributed by atoms with Gasteiger partial charge in [0.25, 0.3) is 0 Å². The summed E-state index contributed by atoms with van der Waals surface area (Å²) in [6.45, 7) is 3.72. The van der Waals surface area contributed by atoms with Crippen molar-refractivity contribution in [3.63, 3.8) is 0 Å². The first-order chi connectivity index (χ1) is 13.0. The molecule has 2 aromatic heterocycles. The van der Waals surface area contributed by atoms with Crippen LogP contribution in [0.4, 0.5) is 21.8 Å². The number of aromatic nitrogens is 4. The molecule has 3 N–H and O–H groups in total. The van der Waals surface area contributed by atoms with E-state index in [1.54, 1.807) is 29.1 Å². The second-order valence-electron chi connectivity index (χ2n) is 6.22. The Hall–Kier alpha value is -2.71. The molecule has 0 unspecified atom stereocenters. The van der Waals surface area contributed by atoms with Crippen LogP contribution in [0.25, 0.3) is 0 Å². The van der Waals surface area contributed by atoms with E-state index >= 15 is 0 Å². The van der Waals surface area contributed by atoms with Crippen LogP contribution in [0.5, 0.6) is 0 Å². The molecule has 7 nitrogen and oxygen atoms in total. The summed E-state index contributed by atoms with van der Waals surface area (Å²) in [5.41, 5.74) is 1.05. The highest BCUT2D eigenvalue weighted by Gasteiger charge is 2.17. The number of aliphatic hydroxyl groups excluding tert-OH is 1. The fourth-order valence-electron chi connectivity index (χ4n) is 2.49. The molecule has 0 aliphatic heterocycles. The van der Waals surface area contributed by atoms with Crippen molar-refractivity contribution in [2.24, 2.45) is 0 Å². The van der Waals surface area contributed by atoms with E-state index in [2.05, 4.69) is 25.7 Å². The van der Waals surface area contributed by atoms with Crippen molar-refractivity contribution in [3.05, 3.63) is 59.3 Å². The molecule has 0 bridgehead atoms. The summed E-state index contributed by atoms with van der Waals surface area (Å²) in [5, 5.41) is 20.2. The Morgan fingerprint density at radius 2 is 2.04 bits per heavy atom. The molecular formula is C18H20ClFN6O. The number of aliphatic hydroxyl groups is 1. The van der Waals surface area contributed by atoms with Crippen LogP contribution in [0.3, 0.4) is 0 Å². The van der Waals surface area contributed by atoms with Crippen LogP contribution in [-0.4, -0.2) is 31.5 Å². The van der Waals surface area contributed by atoms with Crippen molar-refractivity contribution in [2.75, 3.05) is 17.2 Å². The van der Waals surface area contributed by atoms with E-state index in [0.717, 1.165) is 5.69 Å². The lowest BCUT2D eigenvalue weighted by atomic mass is 10.1. The number of hydrogen-bond acceptors (Lipinski definition) is 6. The molecule has 0 spiro atoms. The number of nitrogens with zero attached hydrogens (tertiary/aromatic N) is 4. The lowest BCUT2D eigenvalue weighted by molar-refractivity contribution is 0.273. The summed E-state index contributed by atoms with van der Waals surface area (Å²) in [5.74, 6) is 0.164. The van der Waals surface area contributed by atoms with Crippen molar-refractivity contribution >= 4 is 29.1 Å². The average molecular weight is 391 g/mol. The Morgan fingerprint density at radius 3 is 2.70 bits per heavy atom. The maximum absolute atomic E-state index is 14.0. The molecule has 27 heavy (non-hydrogen) atoms. The number of anilines is 3. The van der Waals surface area contributed by atoms with Gasteiger partial charge in [-0.25, -0.2) is 9.37 Å². The van der Waals surface area contributed by atoms with Gasteiger partial charge in [0.1, 0.15) is 10.8 Å². The zero-order valence-corrected chi connectivity index (χ0v) is 15.7. The number of rotatable bonds is 7. The summed E-state index contributed by atoms with van der Waals surface area (Å²) in [6.07, 6.45) is 4.94. The Kier molecular flexibility index (Phi) is 5.88. The lowest BCUT2D eigenvalue weighted by Crippen LogP contribution is -2.17. The first-order valence-electron chi connectivity index (χ1n) is 8.43. The molecule has 0 aliphatic carbocycles. The molecule has 0 saturated carbocycles. The van der Waals surface area contributed by atoms with Gasteiger partial charge in [0.2, 0.25) is 5.95 Å². The van der Waals surface area contributed by atoms with Crippen LogP contribution in [0.1, 0.15) is 31.5 Å². The van der Waals surface area contributed by atoms with Gasteiger partial charge in [-0.3, -0.25) is 4.68 Å². The van der Waals surface area contributed by atoms with Gasteiger partial charge in [0.05, 0.1) is 30.7 Å². The van der Waals surface area contributed by atoms with Crippen LogP contribution < -0.4 is 10.6 Å². The van der Waals surface area contributed by atoms with E-state index in [1.165, 1.54) is 12.3 Å². The summed E-state index contributed by atoms with van der Waals surface area (Å²) >= 11 is 6.17. The number of benzene rings is 1. The SMILES string of the molecule is CC(C)n1cc(Nc2ncc(Cl)c(N[C@H](CO)c3ccccc3F)n2)cn1. The highest BCUT2D eigenvalue weighted by molar-refractivity contribution is 6.32. The minimum Gasteiger partial charge on any atom is -0.394 e. The third kappa shape index (κ3) is 4.53. The summed E-state index contributed by atoms with van der Waals surface area (Å²) < 4.78 is 15.8. The standard InChI is InChI=1S/C18H20ClFN6O/c1-11(2)26-9-12(7-22-26)23-18-21-8-14(19)17(25-18)24-16(10-27)13-5-3-4-6-15(13)20/h3-9,11,16,27H,10H2,1-2H3,(H2,21,23,24,25)/t16-/m1/s1. The monoisotopic (exact) mass is 390 g/mol. The molecule has 3 aromatic rings. The van der Waals surface area contributed by atoms with Gasteiger partial charge in [-0.05, 0) is 19.9 Å². The molecule has 0 saturated heterocycles. The Bertz CT molecular complexity index is 916. The Labute approximate surface area is 161 Å². The summed E-state index contributed by atoms with van der Waals surface area (Å²) in [6, 6.07) is 5.75. The van der Waals surface area contributed by atoms with Crippen molar-refractivity contribution in [2.45, 2.75) is 25.9 Å². The number of hydrogen-bond donors (Lipinski definition) is 3. The highest BCUT2D eigenvalue weighted by Crippen LogP contribution is 2.27.